The number of ketones is 1. The average molecular weight is 271 g/mol. The van der Waals surface area contributed by atoms with Crippen molar-refractivity contribution in [3.05, 3.63) is 33.3 Å². The minimum Gasteiger partial charge on any atom is -0.475 e. The molecule has 0 saturated carbocycles. The number of carbonyl (C=O) groups is 2. The molecule has 3 nitrogen and oxygen atoms in total. The Kier molecular flexibility index (Phi) is 3.63. The Morgan fingerprint density at radius 1 is 1.27 bits per heavy atom. The van der Waals surface area contributed by atoms with Crippen molar-refractivity contribution in [1.82, 2.24) is 0 Å². The van der Waals surface area contributed by atoms with E-state index in [0.717, 1.165) is 21.2 Å². The van der Waals surface area contributed by atoms with Crippen LogP contribution in [0.5, 0.6) is 0 Å². The molecule has 4 heteroatoms. The number of carboxylic acids is 1. The van der Waals surface area contributed by atoms with E-state index in [0.29, 0.717) is 0 Å². The summed E-state index contributed by atoms with van der Waals surface area (Å²) in [6.07, 6.45) is -0.0513. The molecular formula is C11H11BrO3. The normalized spacial score (nSPS) is 10.1. The first-order chi connectivity index (χ1) is 6.91. The average Bonchev–Trinajstić information content (AvgIpc) is 2.13. The Bertz CT molecular complexity index is 401. The Balaban J connectivity index is 2.98. The fourth-order valence-electron chi connectivity index (χ4n) is 1.40. The summed E-state index contributed by atoms with van der Waals surface area (Å²) >= 11 is 3.41. The van der Waals surface area contributed by atoms with Crippen LogP contribution in [0.15, 0.2) is 16.6 Å². The van der Waals surface area contributed by atoms with Gasteiger partial charge in [0, 0.05) is 10.9 Å². The van der Waals surface area contributed by atoms with Crippen molar-refractivity contribution in [2.75, 3.05) is 0 Å². The summed E-state index contributed by atoms with van der Waals surface area (Å²) in [6.45, 7) is 3.82. The number of carbonyl (C=O) groups excluding carboxylic acids is 1. The molecule has 0 atom stereocenters. The van der Waals surface area contributed by atoms with E-state index in [4.69, 9.17) is 5.11 Å². The van der Waals surface area contributed by atoms with Crippen LogP contribution in [0.25, 0.3) is 0 Å². The molecule has 1 rings (SSSR count). The van der Waals surface area contributed by atoms with Crippen LogP contribution in [-0.2, 0) is 16.0 Å². The van der Waals surface area contributed by atoms with Gasteiger partial charge in [-0.2, -0.15) is 0 Å². The van der Waals surface area contributed by atoms with Crippen LogP contribution < -0.4 is 0 Å². The van der Waals surface area contributed by atoms with Crippen molar-refractivity contribution in [3.8, 4) is 0 Å². The highest BCUT2D eigenvalue weighted by Gasteiger charge is 2.13. The van der Waals surface area contributed by atoms with E-state index in [1.807, 2.05) is 26.0 Å². The van der Waals surface area contributed by atoms with E-state index >= 15 is 0 Å². The molecule has 1 N–H and O–H groups in total. The number of hydrogen-bond donors (Lipinski definition) is 1. The van der Waals surface area contributed by atoms with E-state index in [1.165, 1.54) is 0 Å². The van der Waals surface area contributed by atoms with Crippen LogP contribution in [0.4, 0.5) is 0 Å². The van der Waals surface area contributed by atoms with Gasteiger partial charge in [0.1, 0.15) is 0 Å². The van der Waals surface area contributed by atoms with E-state index in [1.54, 1.807) is 0 Å². The third kappa shape index (κ3) is 2.89. The van der Waals surface area contributed by atoms with Crippen molar-refractivity contribution < 1.29 is 14.7 Å². The summed E-state index contributed by atoms with van der Waals surface area (Å²) in [7, 11) is 0. The van der Waals surface area contributed by atoms with Gasteiger partial charge in [-0.1, -0.05) is 28.1 Å². The van der Waals surface area contributed by atoms with Crippen LogP contribution >= 0.6 is 15.9 Å². The van der Waals surface area contributed by atoms with Crippen LogP contribution in [0.1, 0.15) is 16.7 Å². The summed E-state index contributed by atoms with van der Waals surface area (Å²) in [4.78, 5) is 21.4. The molecule has 0 bridgehead atoms. The summed E-state index contributed by atoms with van der Waals surface area (Å²) in [6, 6.07) is 3.63. The van der Waals surface area contributed by atoms with Gasteiger partial charge in [0.25, 0.3) is 0 Å². The first-order valence-electron chi connectivity index (χ1n) is 4.43. The molecule has 0 aliphatic rings. The molecule has 0 spiro atoms. The van der Waals surface area contributed by atoms with Gasteiger partial charge < -0.3 is 5.11 Å². The second kappa shape index (κ2) is 4.57. The maximum Gasteiger partial charge on any atom is 0.372 e. The lowest BCUT2D eigenvalue weighted by Gasteiger charge is -2.06. The fourth-order valence-corrected chi connectivity index (χ4v) is 1.63. The van der Waals surface area contributed by atoms with Crippen molar-refractivity contribution in [1.29, 1.82) is 0 Å². The molecule has 0 fully saturated rings. The lowest BCUT2D eigenvalue weighted by atomic mass is 10.0. The second-order valence-corrected chi connectivity index (χ2v) is 4.24. The van der Waals surface area contributed by atoms with E-state index in [-0.39, 0.29) is 6.42 Å². The zero-order chi connectivity index (χ0) is 11.6. The van der Waals surface area contributed by atoms with Crippen LogP contribution in [0.3, 0.4) is 0 Å². The Hall–Kier alpha value is -1.16. The van der Waals surface area contributed by atoms with Gasteiger partial charge in [-0.15, -0.1) is 0 Å². The molecule has 0 aromatic heterocycles. The van der Waals surface area contributed by atoms with E-state index in [2.05, 4.69) is 15.9 Å². The zero-order valence-electron chi connectivity index (χ0n) is 8.50. The van der Waals surface area contributed by atoms with Gasteiger partial charge in [-0.05, 0) is 30.5 Å². The maximum absolute atomic E-state index is 11.0. The van der Waals surface area contributed by atoms with Gasteiger partial charge in [-0.25, -0.2) is 4.79 Å². The maximum atomic E-state index is 11.0. The second-order valence-electron chi connectivity index (χ2n) is 3.45. The summed E-state index contributed by atoms with van der Waals surface area (Å²) in [5, 5.41) is 8.48. The molecule has 1 aromatic carbocycles. The number of rotatable bonds is 3. The number of benzene rings is 1. The highest BCUT2D eigenvalue weighted by molar-refractivity contribution is 9.10. The molecule has 0 heterocycles. The third-order valence-corrected chi connectivity index (χ3v) is 3.35. The topological polar surface area (TPSA) is 54.4 Å². The van der Waals surface area contributed by atoms with Crippen molar-refractivity contribution in [2.45, 2.75) is 20.3 Å². The minimum atomic E-state index is -1.38. The molecule has 15 heavy (non-hydrogen) atoms. The monoisotopic (exact) mass is 270 g/mol. The number of aliphatic carboxylic acids is 1. The zero-order valence-corrected chi connectivity index (χ0v) is 10.1. The summed E-state index contributed by atoms with van der Waals surface area (Å²) in [5.74, 6) is -2.16. The van der Waals surface area contributed by atoms with Gasteiger partial charge in [0.05, 0.1) is 0 Å². The lowest BCUT2D eigenvalue weighted by Crippen LogP contribution is -2.15. The van der Waals surface area contributed by atoms with Gasteiger partial charge >= 0.3 is 5.97 Å². The number of carboxylic acid groups (broad SMARTS) is 1. The van der Waals surface area contributed by atoms with Crippen molar-refractivity contribution in [3.63, 3.8) is 0 Å². The van der Waals surface area contributed by atoms with Crippen molar-refractivity contribution in [2.24, 2.45) is 0 Å². The molecule has 0 aliphatic carbocycles. The smallest absolute Gasteiger partial charge is 0.372 e. The SMILES string of the molecule is Cc1cc(CC(=O)C(=O)O)cc(C)c1Br. The quantitative estimate of drug-likeness (QED) is 0.858. The fraction of sp³-hybridized carbons (Fsp3) is 0.273. The highest BCUT2D eigenvalue weighted by atomic mass is 79.9. The van der Waals surface area contributed by atoms with Gasteiger partial charge in [-0.3, -0.25) is 4.79 Å². The molecule has 1 aromatic rings. The predicted octanol–water partition coefficient (Wildman–Crippen LogP) is 2.26. The Labute approximate surface area is 96.2 Å². The summed E-state index contributed by atoms with van der Waals surface area (Å²) in [5.41, 5.74) is 2.74. The first kappa shape index (κ1) is 11.9. The molecule has 0 radical (unpaired) electrons. The molecule has 0 amide bonds. The largest absolute Gasteiger partial charge is 0.475 e. The highest BCUT2D eigenvalue weighted by Crippen LogP contribution is 2.22. The Morgan fingerprint density at radius 2 is 1.73 bits per heavy atom. The van der Waals surface area contributed by atoms with E-state index in [9.17, 15) is 9.59 Å². The molecule has 0 saturated heterocycles. The number of hydrogen-bond acceptors (Lipinski definition) is 2. The molecule has 0 aliphatic heterocycles. The predicted molar refractivity (Wildman–Crippen MR) is 60.0 cm³/mol. The standard InChI is InChI=1S/C11H11BrO3/c1-6-3-8(4-7(2)10(6)12)5-9(13)11(14)15/h3-4H,5H2,1-2H3,(H,14,15). The number of halogens is 1. The number of Topliss-reactive ketones (excluding diaryl/α,β-unsaturated/α-hetero) is 1. The minimum absolute atomic E-state index is 0.0513. The molecule has 80 valence electrons. The first-order valence-corrected chi connectivity index (χ1v) is 5.23. The van der Waals surface area contributed by atoms with E-state index < -0.39 is 11.8 Å². The van der Waals surface area contributed by atoms with Crippen LogP contribution in [0.2, 0.25) is 0 Å². The van der Waals surface area contributed by atoms with Gasteiger partial charge in [0.2, 0.25) is 5.78 Å². The molecule has 0 unspecified atom stereocenters. The Morgan fingerprint density at radius 3 is 2.13 bits per heavy atom. The molecular weight excluding hydrogens is 260 g/mol. The van der Waals surface area contributed by atoms with Gasteiger partial charge in [0.15, 0.2) is 0 Å². The van der Waals surface area contributed by atoms with Crippen LogP contribution in [-0.4, -0.2) is 16.9 Å². The van der Waals surface area contributed by atoms with Crippen LogP contribution in [0, 0.1) is 13.8 Å². The third-order valence-electron chi connectivity index (χ3n) is 2.10. The summed E-state index contributed by atoms with van der Waals surface area (Å²) < 4.78 is 0.994. The lowest BCUT2D eigenvalue weighted by molar-refractivity contribution is -0.148. The van der Waals surface area contributed by atoms with Crippen molar-refractivity contribution >= 4 is 27.7 Å². The number of aryl methyl sites for hydroxylation is 2.